The summed E-state index contributed by atoms with van der Waals surface area (Å²) in [6.45, 7) is 4.26. The normalized spacial score (nSPS) is 21.8. The van der Waals surface area contributed by atoms with Gasteiger partial charge in [0.2, 0.25) is 5.91 Å². The fourth-order valence-electron chi connectivity index (χ4n) is 4.38. The van der Waals surface area contributed by atoms with Gasteiger partial charge in [0, 0.05) is 42.7 Å². The van der Waals surface area contributed by atoms with Gasteiger partial charge < -0.3 is 9.47 Å². The summed E-state index contributed by atoms with van der Waals surface area (Å²) in [6.07, 6.45) is 8.44. The molecule has 0 spiro atoms. The van der Waals surface area contributed by atoms with Crippen LogP contribution in [0.5, 0.6) is 0 Å². The van der Waals surface area contributed by atoms with Crippen LogP contribution in [0.3, 0.4) is 0 Å². The third-order valence-electron chi connectivity index (χ3n) is 5.55. The van der Waals surface area contributed by atoms with Crippen molar-refractivity contribution in [2.75, 3.05) is 0 Å². The smallest absolute Gasteiger partial charge is 0.243 e. The number of aryl methyl sites for hydroxylation is 2. The number of imidazole rings is 1. The van der Waals surface area contributed by atoms with Crippen molar-refractivity contribution in [2.45, 2.75) is 51.7 Å². The summed E-state index contributed by atoms with van der Waals surface area (Å²) in [5.74, 6) is 1.03. The largest absolute Gasteiger partial charge is 0.331 e. The summed E-state index contributed by atoms with van der Waals surface area (Å²) in [4.78, 5) is 23.8. The van der Waals surface area contributed by atoms with Gasteiger partial charge in [-0.15, -0.1) is 0 Å². The minimum absolute atomic E-state index is 0.117. The van der Waals surface area contributed by atoms with Crippen LogP contribution >= 0.6 is 0 Å². The molecule has 2 aliphatic heterocycles. The van der Waals surface area contributed by atoms with Crippen molar-refractivity contribution in [2.24, 2.45) is 0 Å². The Morgan fingerprint density at radius 3 is 2.96 bits per heavy atom. The van der Waals surface area contributed by atoms with Gasteiger partial charge in [-0.1, -0.05) is 0 Å². The lowest BCUT2D eigenvalue weighted by Gasteiger charge is -2.36. The molecule has 0 aliphatic carbocycles. The van der Waals surface area contributed by atoms with Crippen molar-refractivity contribution in [1.82, 2.24) is 29.0 Å². The molecular formula is C18H20N6O. The van der Waals surface area contributed by atoms with E-state index in [2.05, 4.69) is 20.0 Å². The van der Waals surface area contributed by atoms with Crippen molar-refractivity contribution in [3.63, 3.8) is 0 Å². The van der Waals surface area contributed by atoms with Crippen molar-refractivity contribution < 1.29 is 4.79 Å². The van der Waals surface area contributed by atoms with E-state index in [1.165, 1.54) is 5.69 Å². The highest BCUT2D eigenvalue weighted by Gasteiger charge is 2.43. The Labute approximate surface area is 145 Å². The Kier molecular flexibility index (Phi) is 3.01. The molecule has 5 heterocycles. The highest BCUT2D eigenvalue weighted by Crippen LogP contribution is 2.43. The molecule has 7 nitrogen and oxygen atoms in total. The van der Waals surface area contributed by atoms with Gasteiger partial charge in [0.15, 0.2) is 5.65 Å². The molecule has 1 fully saturated rings. The first-order valence-electron chi connectivity index (χ1n) is 8.75. The van der Waals surface area contributed by atoms with Crippen molar-refractivity contribution in [1.29, 1.82) is 0 Å². The predicted molar refractivity (Wildman–Crippen MR) is 91.0 cm³/mol. The molecule has 0 N–H and O–H groups in total. The Morgan fingerprint density at radius 1 is 1.28 bits per heavy atom. The van der Waals surface area contributed by atoms with Crippen LogP contribution in [0.15, 0.2) is 24.7 Å². The highest BCUT2D eigenvalue weighted by atomic mass is 16.2. The minimum Gasteiger partial charge on any atom is -0.331 e. The molecule has 0 unspecified atom stereocenters. The molecule has 7 heteroatoms. The van der Waals surface area contributed by atoms with Crippen LogP contribution < -0.4 is 0 Å². The molecule has 128 valence electrons. The molecule has 3 aromatic heterocycles. The molecule has 2 aliphatic rings. The highest BCUT2D eigenvalue weighted by molar-refractivity contribution is 5.78. The molecule has 0 radical (unpaired) electrons. The van der Waals surface area contributed by atoms with Gasteiger partial charge in [-0.3, -0.25) is 4.79 Å². The van der Waals surface area contributed by atoms with Crippen LogP contribution in [0.2, 0.25) is 0 Å². The van der Waals surface area contributed by atoms with Crippen molar-refractivity contribution in [3.05, 3.63) is 47.4 Å². The molecule has 1 saturated heterocycles. The van der Waals surface area contributed by atoms with Gasteiger partial charge in [-0.2, -0.15) is 5.10 Å². The number of fused-ring (bicyclic) bond motifs is 6. The van der Waals surface area contributed by atoms with E-state index >= 15 is 0 Å². The van der Waals surface area contributed by atoms with Crippen LogP contribution in [-0.2, 0) is 17.8 Å². The number of carbonyl (C=O) groups excluding carboxylic acids is 1. The summed E-state index contributed by atoms with van der Waals surface area (Å²) in [5, 5.41) is 4.60. The Bertz CT molecular complexity index is 987. The topological polar surface area (TPSA) is 68.3 Å². The number of hydrogen-bond donors (Lipinski definition) is 0. The van der Waals surface area contributed by atoms with Crippen molar-refractivity contribution in [3.8, 4) is 0 Å². The van der Waals surface area contributed by atoms with Gasteiger partial charge in [0.25, 0.3) is 0 Å². The number of amides is 1. The second kappa shape index (κ2) is 5.15. The standard InChI is InChI=1S/C18H20N6O/c1-11-7-17-20-9-14-15-4-3-13(8-16(14)24(17)21-11)23(15)18(25)10-22-6-5-19-12(22)2/h5-7,9,13,15H,3-4,8,10H2,1-2H3/t13-,15-/m1/s1. The van der Waals surface area contributed by atoms with E-state index in [1.807, 2.05) is 41.4 Å². The first-order valence-corrected chi connectivity index (χ1v) is 8.75. The second-order valence-corrected chi connectivity index (χ2v) is 7.07. The maximum absolute atomic E-state index is 13.0. The molecule has 2 bridgehead atoms. The van der Waals surface area contributed by atoms with E-state index in [9.17, 15) is 4.79 Å². The first-order chi connectivity index (χ1) is 12.1. The summed E-state index contributed by atoms with van der Waals surface area (Å²) in [5.41, 5.74) is 4.24. The molecular weight excluding hydrogens is 316 g/mol. The summed E-state index contributed by atoms with van der Waals surface area (Å²) < 4.78 is 3.88. The molecule has 0 aromatic carbocycles. The quantitative estimate of drug-likeness (QED) is 0.716. The maximum atomic E-state index is 13.0. The van der Waals surface area contributed by atoms with Gasteiger partial charge in [-0.05, 0) is 26.7 Å². The molecule has 5 rings (SSSR count). The lowest BCUT2D eigenvalue weighted by Crippen LogP contribution is -2.44. The summed E-state index contributed by atoms with van der Waals surface area (Å²) in [7, 11) is 0. The number of rotatable bonds is 2. The Morgan fingerprint density at radius 2 is 2.16 bits per heavy atom. The van der Waals surface area contributed by atoms with Crippen LogP contribution in [0.1, 0.15) is 41.7 Å². The van der Waals surface area contributed by atoms with Crippen LogP contribution in [0, 0.1) is 13.8 Å². The van der Waals surface area contributed by atoms with Gasteiger partial charge in [-0.25, -0.2) is 14.5 Å². The monoisotopic (exact) mass is 336 g/mol. The third kappa shape index (κ3) is 2.11. The summed E-state index contributed by atoms with van der Waals surface area (Å²) in [6, 6.07) is 2.37. The van der Waals surface area contributed by atoms with E-state index < -0.39 is 0 Å². The van der Waals surface area contributed by atoms with E-state index in [0.717, 1.165) is 42.0 Å². The number of hydrogen-bond acceptors (Lipinski definition) is 4. The number of nitrogens with zero attached hydrogens (tertiary/aromatic N) is 6. The maximum Gasteiger partial charge on any atom is 0.243 e. The van der Waals surface area contributed by atoms with E-state index in [0.29, 0.717) is 6.54 Å². The SMILES string of the molecule is Cc1cc2ncc3c(n2n1)C[C@H]1CC[C@H]3N1C(=O)Cn1ccnc1C. The molecule has 0 saturated carbocycles. The molecule has 3 aromatic rings. The number of aromatic nitrogens is 5. The van der Waals surface area contributed by atoms with Crippen LogP contribution in [-0.4, -0.2) is 41.0 Å². The van der Waals surface area contributed by atoms with Crippen molar-refractivity contribution >= 4 is 11.6 Å². The Hall–Kier alpha value is -2.70. The zero-order valence-corrected chi connectivity index (χ0v) is 14.4. The van der Waals surface area contributed by atoms with Crippen LogP contribution in [0.25, 0.3) is 5.65 Å². The van der Waals surface area contributed by atoms with Gasteiger partial charge in [0.1, 0.15) is 12.4 Å². The average molecular weight is 336 g/mol. The lowest BCUT2D eigenvalue weighted by molar-refractivity contribution is -0.135. The molecule has 2 atom stereocenters. The average Bonchev–Trinajstić information content (AvgIpc) is 3.25. The fourth-order valence-corrected chi connectivity index (χ4v) is 4.38. The minimum atomic E-state index is 0.117. The van der Waals surface area contributed by atoms with Gasteiger partial charge >= 0.3 is 0 Å². The second-order valence-electron chi connectivity index (χ2n) is 7.07. The van der Waals surface area contributed by atoms with Crippen LogP contribution in [0.4, 0.5) is 0 Å². The van der Waals surface area contributed by atoms with E-state index in [4.69, 9.17) is 0 Å². The fraction of sp³-hybridized carbons (Fsp3) is 0.444. The lowest BCUT2D eigenvalue weighted by atomic mass is 9.99. The Balaban J connectivity index is 1.52. The number of carbonyl (C=O) groups is 1. The third-order valence-corrected chi connectivity index (χ3v) is 5.55. The zero-order valence-electron chi connectivity index (χ0n) is 14.4. The zero-order chi connectivity index (χ0) is 17.1. The summed E-state index contributed by atoms with van der Waals surface area (Å²) >= 11 is 0. The predicted octanol–water partition coefficient (Wildman–Crippen LogP) is 1.83. The van der Waals surface area contributed by atoms with E-state index in [-0.39, 0.29) is 18.0 Å². The molecule has 1 amide bonds. The van der Waals surface area contributed by atoms with Gasteiger partial charge in [0.05, 0.1) is 17.4 Å². The first kappa shape index (κ1) is 14.6. The van der Waals surface area contributed by atoms with E-state index in [1.54, 1.807) is 6.20 Å². The molecule has 25 heavy (non-hydrogen) atoms.